The highest BCUT2D eigenvalue weighted by atomic mass is 32.2. The first-order valence-electron chi connectivity index (χ1n) is 47.0. The average molecular weight is 1880 g/mol. The summed E-state index contributed by atoms with van der Waals surface area (Å²) in [7, 11) is 0.462. The third-order valence-corrected chi connectivity index (χ3v) is 28.8. The molecule has 1 saturated carbocycles. The lowest BCUT2D eigenvalue weighted by molar-refractivity contribution is -0.265. The van der Waals surface area contributed by atoms with E-state index >= 15 is 4.39 Å². The number of allylic oxidation sites excluding steroid dienone is 5. The molecule has 6 aliphatic heterocycles. The number of nitrogens with zero attached hydrogens (tertiary/aromatic N) is 11. The highest BCUT2D eigenvalue weighted by Gasteiger charge is 2.53. The smallest absolute Gasteiger partial charge is 0.407 e. The van der Waals surface area contributed by atoms with Gasteiger partial charge in [0.1, 0.15) is 52.9 Å². The SMILES string of the molecule is CO[C@H]1CC2CC[C@@H](C)[C@@](O)(O2)C(=O)C(=O)N2CCCC[C@H]2C(=O)O[C@H](CC[C@@H]2CC[C@@H](OC(=O)NCc3cnc(N4CCN(C(=O)CCOCCN5CCN(c6ncc(C(=O)NCCS(=O)(=O)c7ccc(C(=O)N8CCOc9ccc(-c%10ccc(N)nc%10)cc9C8)c(C)c7F)cn6)CC5)CC4)nc3)[C@H](OC)C2)C[C@@H](OC)[C@H](C)/C=C(\C)[C@@H](O)CC(=O)[C@H](C)C[C@H](C)/C=C/C=CC=C1C. The van der Waals surface area contributed by atoms with Crippen LogP contribution in [-0.4, -0.2) is 290 Å². The maximum Gasteiger partial charge on any atom is 0.407 e. The number of ether oxygens (including phenoxy) is 8. The third-order valence-electron chi connectivity index (χ3n) is 27.1. The molecule has 14 atom stereocenters. The number of anilines is 3. The number of pyridine rings is 1. The van der Waals surface area contributed by atoms with Crippen LogP contribution in [0.15, 0.2) is 126 Å². The van der Waals surface area contributed by atoms with Crippen LogP contribution in [0.25, 0.3) is 11.1 Å². The van der Waals surface area contributed by atoms with Gasteiger partial charge in [-0.25, -0.2) is 47.3 Å². The lowest BCUT2D eigenvalue weighted by Gasteiger charge is -2.42. The number of nitrogens with two attached hydrogens (primary N) is 1. The van der Waals surface area contributed by atoms with Crippen molar-refractivity contribution in [3.05, 3.63) is 155 Å². The van der Waals surface area contributed by atoms with E-state index in [1.807, 2.05) is 103 Å². The minimum absolute atomic E-state index is 0.0110. The van der Waals surface area contributed by atoms with Crippen LogP contribution in [0.4, 0.5) is 26.9 Å². The van der Waals surface area contributed by atoms with Crippen LogP contribution in [0.5, 0.6) is 5.75 Å². The highest BCUT2D eigenvalue weighted by molar-refractivity contribution is 7.91. The number of aliphatic hydroxyl groups is 2. The number of alkyl carbamates (subject to hydrolysis) is 1. The Balaban J connectivity index is 0.543. The Morgan fingerprint density at radius 1 is 0.701 bits per heavy atom. The van der Waals surface area contributed by atoms with Gasteiger partial charge in [0.05, 0.1) is 68.0 Å². The zero-order valence-electron chi connectivity index (χ0n) is 78.8. The number of rotatable bonds is 24. The fourth-order valence-electron chi connectivity index (χ4n) is 18.6. The molecule has 4 saturated heterocycles. The number of aliphatic hydroxyl groups excluding tert-OH is 1. The van der Waals surface area contributed by atoms with Gasteiger partial charge in [-0.1, -0.05) is 70.2 Å². The maximum absolute atomic E-state index is 16.0. The molecule has 3 aromatic heterocycles. The van der Waals surface area contributed by atoms with Crippen LogP contribution < -0.4 is 30.9 Å². The number of halogens is 1. The Bertz CT molecular complexity index is 5110. The number of Topliss-reactive ketones (excluding diaryl/α,β-unsaturated/α-hetero) is 2. The Kier molecular flexibility index (Phi) is 36.9. The highest BCUT2D eigenvalue weighted by Crippen LogP contribution is 2.40. The molecule has 728 valence electrons. The van der Waals surface area contributed by atoms with Crippen LogP contribution in [0, 0.1) is 42.3 Å². The number of esters is 1. The third kappa shape index (κ3) is 27.2. The molecule has 1 aliphatic carbocycles. The predicted octanol–water partition coefficient (Wildman–Crippen LogP) is 9.48. The summed E-state index contributed by atoms with van der Waals surface area (Å²) in [5, 5.41) is 29.0. The minimum Gasteiger partial charge on any atom is -0.491 e. The van der Waals surface area contributed by atoms with Crippen LogP contribution in [0.3, 0.4) is 0 Å². The molecule has 2 bridgehead atoms. The molecular weight excluding hydrogens is 1740 g/mol. The van der Waals surface area contributed by atoms with Crippen LogP contribution in [0.1, 0.15) is 175 Å². The number of carbonyl (C=O) groups excluding carboxylic acids is 8. The van der Waals surface area contributed by atoms with Gasteiger partial charge in [-0.3, -0.25) is 33.7 Å². The zero-order valence-corrected chi connectivity index (χ0v) is 79.6. The topological polar surface area (TPSA) is 419 Å². The Labute approximate surface area is 784 Å². The zero-order chi connectivity index (χ0) is 95.9. The largest absolute Gasteiger partial charge is 0.491 e. The van der Waals surface area contributed by atoms with Gasteiger partial charge in [0, 0.05) is 197 Å². The van der Waals surface area contributed by atoms with E-state index in [2.05, 4.69) is 40.5 Å². The van der Waals surface area contributed by atoms with E-state index in [9.17, 15) is 57.0 Å². The second kappa shape index (κ2) is 48.2. The summed E-state index contributed by atoms with van der Waals surface area (Å²) in [5.41, 5.74) is 10.3. The Morgan fingerprint density at radius 3 is 2.13 bits per heavy atom. The molecule has 0 spiro atoms. The summed E-state index contributed by atoms with van der Waals surface area (Å²) < 4.78 is 91.7. The number of nitrogen functional groups attached to an aromatic ring is 1. The Hall–Kier alpha value is -10.6. The average Bonchev–Trinajstić information content (AvgIpc) is 0.943. The van der Waals surface area contributed by atoms with E-state index in [0.29, 0.717) is 171 Å². The fraction of sp³-hybridized carbons (Fsp3) is 0.582. The van der Waals surface area contributed by atoms with Gasteiger partial charge in [0.2, 0.25) is 23.6 Å². The van der Waals surface area contributed by atoms with Crippen molar-refractivity contribution in [2.24, 2.45) is 29.6 Å². The number of sulfone groups is 1. The van der Waals surface area contributed by atoms with Gasteiger partial charge in [-0.15, -0.1) is 0 Å². The monoisotopic (exact) mass is 1880 g/mol. The number of cyclic esters (lactones) is 1. The van der Waals surface area contributed by atoms with E-state index in [4.69, 9.17) is 43.6 Å². The number of aromatic nitrogens is 5. The summed E-state index contributed by atoms with van der Waals surface area (Å²) >= 11 is 0. The molecule has 5 amide bonds. The number of piperidine rings is 1. The first kappa shape index (κ1) is 102. The van der Waals surface area contributed by atoms with Crippen molar-refractivity contribution in [3.63, 3.8) is 0 Å². The standard InChI is InChI=1S/C98H133FN14O20S/c1-62-16-12-11-13-17-63(2)83(126-8)53-76-24-19-67(6)98(123,133-76)90(117)93(120)113-33-15-14-18-78(113)94(121)131-75(52-84(127-9)66(5)49-65(4)80(115)54-79(114)64(3)48-62)25-20-69-21-27-82(85(50-69)128-10)132-97(122)107-57-70-55-103-95(104-56-70)111-40-38-109(39-41-111)88(116)31-44-129-45-42-108-34-36-110(37-35-108)96-105-59-74(60-106-96)91(118)101-32-47-134(124,125)86-29-26-77(68(7)89(86)99)92(119)112-43-46-130-81-28-22-71(51-73(81)61-112)72-23-30-87(100)102-58-72/h11-13,16-17,22-23,26,28-30,49,51,55-56,58-60,62,64,66-67,69,75-76,78,80,82-85,115,123H,14-15,18-21,24-25,27,31-48,50,52-54,57,61H2,1-10H3,(H2,100,102)(H,101,118)(H,107,122)/b13-11?,16-12+,63-17?,65-49+/t62-,64-,66-,67-,69-,75-,76?,78+,80+,82-,83+,84-,85-,98-/m1/s1. The number of benzene rings is 2. The molecular formula is C98H133FN14O20S. The minimum atomic E-state index is -4.26. The van der Waals surface area contributed by atoms with Crippen molar-refractivity contribution < 1.29 is 99.3 Å². The van der Waals surface area contributed by atoms with Crippen LogP contribution in [-0.2, 0) is 80.1 Å². The molecule has 134 heavy (non-hydrogen) atoms. The molecule has 1 unspecified atom stereocenters. The number of amides is 5. The number of nitrogens with one attached hydrogen (secondary N) is 2. The van der Waals surface area contributed by atoms with Crippen LogP contribution >= 0.6 is 0 Å². The number of fused-ring (bicyclic) bond motifs is 4. The summed E-state index contributed by atoms with van der Waals surface area (Å²) in [6.07, 6.45) is 20.3. The number of hydrogen-bond acceptors (Lipinski definition) is 29. The van der Waals surface area contributed by atoms with Crippen molar-refractivity contribution in [3.8, 4) is 16.9 Å². The number of hydrogen-bond donors (Lipinski definition) is 5. The molecule has 36 heteroatoms. The predicted molar refractivity (Wildman–Crippen MR) is 498 cm³/mol. The van der Waals surface area contributed by atoms with Crippen LogP contribution in [0.2, 0.25) is 0 Å². The molecule has 2 aromatic carbocycles. The summed E-state index contributed by atoms with van der Waals surface area (Å²) in [6.45, 7) is 18.9. The second-order valence-corrected chi connectivity index (χ2v) is 38.7. The van der Waals surface area contributed by atoms with E-state index < -0.39 is 122 Å². The van der Waals surface area contributed by atoms with Crippen molar-refractivity contribution in [1.29, 1.82) is 0 Å². The van der Waals surface area contributed by atoms with Crippen molar-refractivity contribution >= 4 is 74.8 Å². The molecule has 5 aromatic rings. The Morgan fingerprint density at radius 2 is 1.42 bits per heavy atom. The van der Waals surface area contributed by atoms with Gasteiger partial charge in [0.25, 0.3) is 23.5 Å². The molecule has 12 rings (SSSR count). The second-order valence-electron chi connectivity index (χ2n) is 36.6. The van der Waals surface area contributed by atoms with E-state index in [-0.39, 0.29) is 124 Å². The molecule has 7 aliphatic rings. The molecule has 5 fully saturated rings. The van der Waals surface area contributed by atoms with Crippen molar-refractivity contribution in [2.75, 3.05) is 141 Å². The molecule has 34 nitrogen and oxygen atoms in total. The number of piperazine rings is 2. The van der Waals surface area contributed by atoms with Gasteiger partial charge in [-0.2, -0.15) is 0 Å². The fourth-order valence-corrected chi connectivity index (χ4v) is 19.9. The van der Waals surface area contributed by atoms with E-state index in [0.717, 1.165) is 28.3 Å². The first-order valence-corrected chi connectivity index (χ1v) is 48.6. The van der Waals surface area contributed by atoms with E-state index in [1.54, 1.807) is 59.8 Å². The number of methoxy groups -OCH3 is 3. The van der Waals surface area contributed by atoms with Gasteiger partial charge in [-0.05, 0) is 162 Å². The van der Waals surface area contributed by atoms with E-state index in [1.165, 1.54) is 35.2 Å². The lowest BCUT2D eigenvalue weighted by Crippen LogP contribution is -2.60. The summed E-state index contributed by atoms with van der Waals surface area (Å²) in [5.74, 6) is -7.49. The normalized spacial score (nSPS) is 26.8. The molecule has 6 N–H and O–H groups in total. The molecule has 0 radical (unpaired) electrons. The van der Waals surface area contributed by atoms with Gasteiger partial charge < -0.3 is 89.0 Å². The lowest BCUT2D eigenvalue weighted by atomic mass is 9.81. The maximum atomic E-state index is 16.0. The van der Waals surface area contributed by atoms with Gasteiger partial charge in [0.15, 0.2) is 9.84 Å². The van der Waals surface area contributed by atoms with Crippen molar-refractivity contribution in [2.45, 2.75) is 217 Å². The summed E-state index contributed by atoms with van der Waals surface area (Å²) in [6, 6.07) is 10.4. The molecule has 9 heterocycles. The number of carbonyl (C=O) groups is 8. The number of ketones is 2. The van der Waals surface area contributed by atoms with Crippen molar-refractivity contribution in [1.82, 2.24) is 55.2 Å². The quantitative estimate of drug-likeness (QED) is 0.0166. The summed E-state index contributed by atoms with van der Waals surface area (Å²) in [4.78, 5) is 144. The van der Waals surface area contributed by atoms with Gasteiger partial charge >= 0.3 is 12.1 Å². The first-order chi connectivity index (χ1) is 64.3.